The summed E-state index contributed by atoms with van der Waals surface area (Å²) in [6.45, 7) is 7.84. The topological polar surface area (TPSA) is 15.3 Å². The largest absolute Gasteiger partial charge is 0.314 e. The van der Waals surface area contributed by atoms with E-state index in [9.17, 15) is 4.39 Å². The van der Waals surface area contributed by atoms with E-state index in [1.165, 1.54) is 31.5 Å². The van der Waals surface area contributed by atoms with E-state index in [1.54, 1.807) is 12.1 Å². The summed E-state index contributed by atoms with van der Waals surface area (Å²) in [5.74, 6) is -0.150. The molecular weight excluding hydrogens is 239 g/mol. The third kappa shape index (κ3) is 4.29. The van der Waals surface area contributed by atoms with Gasteiger partial charge in [-0.3, -0.25) is 0 Å². The van der Waals surface area contributed by atoms with Crippen molar-refractivity contribution < 1.29 is 4.39 Å². The maximum Gasteiger partial charge on any atom is 0.123 e. The number of nitrogens with one attached hydrogen (secondary N) is 1. The fourth-order valence-corrected chi connectivity index (χ4v) is 2.92. The van der Waals surface area contributed by atoms with E-state index in [4.69, 9.17) is 0 Å². The number of hydrogen-bond donors (Lipinski definition) is 1. The average molecular weight is 264 g/mol. The molecule has 1 unspecified atom stereocenters. The van der Waals surface area contributed by atoms with E-state index >= 15 is 0 Å². The summed E-state index contributed by atoms with van der Waals surface area (Å²) in [7, 11) is 0. The highest BCUT2D eigenvalue weighted by atomic mass is 19.1. The Morgan fingerprint density at radius 1 is 1.26 bits per heavy atom. The van der Waals surface area contributed by atoms with Gasteiger partial charge in [0, 0.05) is 12.1 Å². The predicted molar refractivity (Wildman–Crippen MR) is 77.8 cm³/mol. The van der Waals surface area contributed by atoms with Crippen LogP contribution in [0.1, 0.15) is 32.3 Å². The summed E-state index contributed by atoms with van der Waals surface area (Å²) in [6, 6.07) is 8.14. The second-order valence-corrected chi connectivity index (χ2v) is 5.55. The first-order valence-corrected chi connectivity index (χ1v) is 7.41. The standard InChI is InChI=1S/C16H25FN2/c1-3-18-16-8-10-19(11-9-16)13(2)12-14-4-6-15(17)7-5-14/h4-7,13,16,18H,3,8-12H2,1-2H3. The number of nitrogens with zero attached hydrogens (tertiary/aromatic N) is 1. The van der Waals surface area contributed by atoms with Gasteiger partial charge in [0.25, 0.3) is 0 Å². The summed E-state index contributed by atoms with van der Waals surface area (Å²) in [6.07, 6.45) is 3.48. The van der Waals surface area contributed by atoms with Crippen LogP contribution in [0.2, 0.25) is 0 Å². The molecule has 19 heavy (non-hydrogen) atoms. The van der Waals surface area contributed by atoms with Crippen molar-refractivity contribution in [1.82, 2.24) is 10.2 Å². The molecular formula is C16H25FN2. The van der Waals surface area contributed by atoms with E-state index in [1.807, 2.05) is 12.1 Å². The van der Waals surface area contributed by atoms with Gasteiger partial charge < -0.3 is 10.2 Å². The molecule has 0 bridgehead atoms. The average Bonchev–Trinajstić information content (AvgIpc) is 2.42. The third-order valence-corrected chi connectivity index (χ3v) is 4.09. The van der Waals surface area contributed by atoms with Crippen LogP contribution in [0.5, 0.6) is 0 Å². The summed E-state index contributed by atoms with van der Waals surface area (Å²) in [5.41, 5.74) is 1.22. The minimum absolute atomic E-state index is 0.150. The third-order valence-electron chi connectivity index (χ3n) is 4.09. The fraction of sp³-hybridized carbons (Fsp3) is 0.625. The number of rotatable bonds is 5. The van der Waals surface area contributed by atoms with Crippen LogP contribution in [-0.2, 0) is 6.42 Å². The van der Waals surface area contributed by atoms with Crippen LogP contribution in [0.25, 0.3) is 0 Å². The molecule has 1 saturated heterocycles. The quantitative estimate of drug-likeness (QED) is 0.880. The maximum atomic E-state index is 12.9. The number of halogens is 1. The van der Waals surface area contributed by atoms with Crippen LogP contribution in [0, 0.1) is 5.82 Å². The molecule has 1 aromatic rings. The van der Waals surface area contributed by atoms with Gasteiger partial charge in [-0.1, -0.05) is 19.1 Å². The van der Waals surface area contributed by atoms with E-state index in [0.29, 0.717) is 12.1 Å². The first-order chi connectivity index (χ1) is 9.19. The molecule has 3 heteroatoms. The van der Waals surface area contributed by atoms with Gasteiger partial charge in [-0.15, -0.1) is 0 Å². The van der Waals surface area contributed by atoms with Crippen LogP contribution in [0.15, 0.2) is 24.3 Å². The molecule has 2 nitrogen and oxygen atoms in total. The molecule has 2 rings (SSSR count). The monoisotopic (exact) mass is 264 g/mol. The van der Waals surface area contributed by atoms with Crippen molar-refractivity contribution in [3.63, 3.8) is 0 Å². The zero-order valence-electron chi connectivity index (χ0n) is 12.0. The van der Waals surface area contributed by atoms with E-state index in [2.05, 4.69) is 24.1 Å². The van der Waals surface area contributed by atoms with Crippen LogP contribution in [-0.4, -0.2) is 36.6 Å². The van der Waals surface area contributed by atoms with Crippen molar-refractivity contribution in [2.75, 3.05) is 19.6 Å². The highest BCUT2D eigenvalue weighted by Crippen LogP contribution is 2.16. The highest BCUT2D eigenvalue weighted by Gasteiger charge is 2.22. The zero-order valence-corrected chi connectivity index (χ0v) is 12.0. The summed E-state index contributed by atoms with van der Waals surface area (Å²) in [5, 5.41) is 3.53. The Balaban J connectivity index is 1.81. The predicted octanol–water partition coefficient (Wildman–Crippen LogP) is 2.83. The Bertz CT molecular complexity index is 369. The number of piperidine rings is 1. The molecule has 0 spiro atoms. The first-order valence-electron chi connectivity index (χ1n) is 7.41. The van der Waals surface area contributed by atoms with Crippen molar-refractivity contribution in [3.05, 3.63) is 35.6 Å². The molecule has 0 radical (unpaired) electrons. The van der Waals surface area contributed by atoms with Gasteiger partial charge >= 0.3 is 0 Å². The lowest BCUT2D eigenvalue weighted by Gasteiger charge is -2.36. The fourth-order valence-electron chi connectivity index (χ4n) is 2.92. The summed E-state index contributed by atoms with van der Waals surface area (Å²) < 4.78 is 12.9. The molecule has 0 saturated carbocycles. The van der Waals surface area contributed by atoms with Gasteiger partial charge in [0.2, 0.25) is 0 Å². The Morgan fingerprint density at radius 3 is 2.47 bits per heavy atom. The van der Waals surface area contributed by atoms with Crippen molar-refractivity contribution >= 4 is 0 Å². The van der Waals surface area contributed by atoms with E-state index in [0.717, 1.165) is 13.0 Å². The van der Waals surface area contributed by atoms with Crippen LogP contribution in [0.4, 0.5) is 4.39 Å². The molecule has 106 valence electrons. The van der Waals surface area contributed by atoms with Gasteiger partial charge in [0.15, 0.2) is 0 Å². The lowest BCUT2D eigenvalue weighted by Crippen LogP contribution is -2.46. The molecule has 1 N–H and O–H groups in total. The second-order valence-electron chi connectivity index (χ2n) is 5.55. The second kappa shape index (κ2) is 7.01. The maximum absolute atomic E-state index is 12.9. The summed E-state index contributed by atoms with van der Waals surface area (Å²) >= 11 is 0. The number of benzene rings is 1. The Morgan fingerprint density at radius 2 is 1.89 bits per heavy atom. The van der Waals surface area contributed by atoms with Crippen molar-refractivity contribution in [3.8, 4) is 0 Å². The van der Waals surface area contributed by atoms with Crippen LogP contribution >= 0.6 is 0 Å². The Hall–Kier alpha value is -0.930. The smallest absolute Gasteiger partial charge is 0.123 e. The molecule has 0 aliphatic carbocycles. The lowest BCUT2D eigenvalue weighted by molar-refractivity contribution is 0.152. The molecule has 0 amide bonds. The van der Waals surface area contributed by atoms with Crippen LogP contribution < -0.4 is 5.32 Å². The SMILES string of the molecule is CCNC1CCN(C(C)Cc2ccc(F)cc2)CC1. The van der Waals surface area contributed by atoms with Gasteiger partial charge in [-0.05, 0) is 63.5 Å². The van der Waals surface area contributed by atoms with E-state index in [-0.39, 0.29) is 5.82 Å². The minimum atomic E-state index is -0.150. The van der Waals surface area contributed by atoms with Gasteiger partial charge in [-0.2, -0.15) is 0 Å². The molecule has 1 fully saturated rings. The molecule has 1 aliphatic heterocycles. The van der Waals surface area contributed by atoms with Crippen molar-refractivity contribution in [2.45, 2.75) is 45.2 Å². The van der Waals surface area contributed by atoms with Crippen LogP contribution in [0.3, 0.4) is 0 Å². The Kier molecular flexibility index (Phi) is 5.34. The first kappa shape index (κ1) is 14.5. The zero-order chi connectivity index (χ0) is 13.7. The molecule has 1 aliphatic rings. The minimum Gasteiger partial charge on any atom is -0.314 e. The van der Waals surface area contributed by atoms with Crippen molar-refractivity contribution in [2.24, 2.45) is 0 Å². The van der Waals surface area contributed by atoms with Crippen molar-refractivity contribution in [1.29, 1.82) is 0 Å². The van der Waals surface area contributed by atoms with E-state index < -0.39 is 0 Å². The molecule has 1 atom stereocenters. The lowest BCUT2D eigenvalue weighted by atomic mass is 10.00. The van der Waals surface area contributed by atoms with Gasteiger partial charge in [0.05, 0.1) is 0 Å². The molecule has 0 aromatic heterocycles. The molecule has 1 heterocycles. The van der Waals surface area contributed by atoms with Gasteiger partial charge in [0.1, 0.15) is 5.82 Å². The normalized spacial score (nSPS) is 19.5. The Labute approximate surface area is 116 Å². The summed E-state index contributed by atoms with van der Waals surface area (Å²) in [4.78, 5) is 2.55. The number of likely N-dealkylation sites (tertiary alicyclic amines) is 1. The molecule has 1 aromatic carbocycles. The number of hydrogen-bond acceptors (Lipinski definition) is 2. The van der Waals surface area contributed by atoms with Gasteiger partial charge in [-0.25, -0.2) is 4.39 Å². The highest BCUT2D eigenvalue weighted by molar-refractivity contribution is 5.17.